The van der Waals surface area contributed by atoms with Gasteiger partial charge >= 0.3 is 0 Å². The maximum Gasteiger partial charge on any atom is 0.188 e. The Morgan fingerprint density at radius 3 is 2.75 bits per heavy atom. The lowest BCUT2D eigenvalue weighted by molar-refractivity contribution is 0.440. The molecule has 0 amide bonds. The molecule has 0 aliphatic carbocycles. The van der Waals surface area contributed by atoms with Crippen molar-refractivity contribution in [2.24, 2.45) is 10.7 Å². The third-order valence-electron chi connectivity index (χ3n) is 3.70. The minimum Gasteiger partial charge on any atom is -0.453 e. The van der Waals surface area contributed by atoms with Gasteiger partial charge in [0, 0.05) is 31.1 Å². The molecule has 3 rings (SSSR count). The number of rotatable bonds is 7. The second kappa shape index (κ2) is 11.2. The molecule has 0 aliphatic heterocycles. The molecule has 1 aromatic carbocycles. The summed E-state index contributed by atoms with van der Waals surface area (Å²) in [5, 5.41) is 3.02. The number of guanidine groups is 1. The van der Waals surface area contributed by atoms with Gasteiger partial charge < -0.3 is 15.8 Å². The van der Waals surface area contributed by atoms with Crippen molar-refractivity contribution in [3.63, 3.8) is 0 Å². The number of ether oxygens (including phenoxy) is 1. The Balaban J connectivity index is 0.00000280. The van der Waals surface area contributed by atoms with E-state index in [1.54, 1.807) is 36.7 Å². The number of aliphatic imine (C=N–C) groups is 1. The zero-order valence-electron chi connectivity index (χ0n) is 15.1. The molecule has 2 aromatic heterocycles. The number of nitrogens with zero attached hydrogens (tertiary/aromatic N) is 3. The quantitative estimate of drug-likeness (QED) is 0.298. The van der Waals surface area contributed by atoms with Gasteiger partial charge in [-0.25, -0.2) is 9.38 Å². The van der Waals surface area contributed by atoms with E-state index < -0.39 is 5.82 Å². The molecule has 0 aliphatic rings. The monoisotopic (exact) mass is 493 g/mol. The van der Waals surface area contributed by atoms with Gasteiger partial charge in [0.05, 0.1) is 12.7 Å². The molecule has 2 heterocycles. The van der Waals surface area contributed by atoms with Crippen molar-refractivity contribution in [2.75, 3.05) is 6.54 Å². The molecule has 0 saturated carbocycles. The van der Waals surface area contributed by atoms with E-state index in [4.69, 9.17) is 10.5 Å². The van der Waals surface area contributed by atoms with E-state index in [-0.39, 0.29) is 36.3 Å². The van der Waals surface area contributed by atoms with Crippen LogP contribution in [0.2, 0.25) is 0 Å². The molecule has 3 N–H and O–H groups in total. The van der Waals surface area contributed by atoms with Crippen molar-refractivity contribution in [3.05, 3.63) is 84.2 Å². The summed E-state index contributed by atoms with van der Waals surface area (Å²) < 4.78 is 19.7. The molecule has 8 heteroatoms. The van der Waals surface area contributed by atoms with E-state index in [9.17, 15) is 4.39 Å². The summed E-state index contributed by atoms with van der Waals surface area (Å²) in [6, 6.07) is 13.9. The summed E-state index contributed by atoms with van der Waals surface area (Å²) in [7, 11) is 0. The molecule has 0 radical (unpaired) electrons. The van der Waals surface area contributed by atoms with E-state index in [2.05, 4.69) is 20.3 Å². The number of halogens is 2. The zero-order valence-corrected chi connectivity index (χ0v) is 17.4. The number of nitrogens with one attached hydrogen (secondary N) is 1. The van der Waals surface area contributed by atoms with Crippen LogP contribution < -0.4 is 15.8 Å². The van der Waals surface area contributed by atoms with Crippen molar-refractivity contribution in [1.82, 2.24) is 15.3 Å². The van der Waals surface area contributed by atoms with Crippen molar-refractivity contribution in [2.45, 2.75) is 13.0 Å². The summed E-state index contributed by atoms with van der Waals surface area (Å²) in [6.45, 7) is 0.894. The van der Waals surface area contributed by atoms with Gasteiger partial charge in [0.1, 0.15) is 5.75 Å². The van der Waals surface area contributed by atoms with Crippen LogP contribution in [-0.4, -0.2) is 22.5 Å². The van der Waals surface area contributed by atoms with E-state index in [0.29, 0.717) is 23.8 Å². The van der Waals surface area contributed by atoms with Gasteiger partial charge in [-0.2, -0.15) is 0 Å². The normalized spacial score (nSPS) is 10.8. The second-order valence-corrected chi connectivity index (χ2v) is 5.75. The van der Waals surface area contributed by atoms with Gasteiger partial charge in [0.15, 0.2) is 17.5 Å². The summed E-state index contributed by atoms with van der Waals surface area (Å²) in [6.07, 6.45) is 5.64. The molecule has 0 unspecified atom stereocenters. The highest BCUT2D eigenvalue weighted by Gasteiger charge is 2.06. The minimum absolute atomic E-state index is 0. The molecule has 0 fully saturated rings. The molecule has 6 nitrogen and oxygen atoms in total. The topological polar surface area (TPSA) is 85.4 Å². The summed E-state index contributed by atoms with van der Waals surface area (Å²) >= 11 is 0. The molecule has 0 atom stereocenters. The third kappa shape index (κ3) is 6.76. The fourth-order valence-electron chi connectivity index (χ4n) is 2.36. The van der Waals surface area contributed by atoms with Gasteiger partial charge in [0.25, 0.3) is 0 Å². The highest BCUT2D eigenvalue weighted by molar-refractivity contribution is 14.0. The standard InChI is InChI=1S/C20H20FN5O.HI/c21-18-12-15(6-7-19(18)27-17-5-3-9-23-14-17)13-26-20(22)25-11-8-16-4-1-2-10-24-16;/h1-7,9-10,12,14H,8,11,13H2,(H3,22,25,26);1H. The maximum absolute atomic E-state index is 14.2. The predicted octanol–water partition coefficient (Wildman–Crippen LogP) is 3.67. The van der Waals surface area contributed by atoms with Gasteiger partial charge in [0.2, 0.25) is 0 Å². The number of benzene rings is 1. The molecule has 146 valence electrons. The lowest BCUT2D eigenvalue weighted by Crippen LogP contribution is -2.33. The van der Waals surface area contributed by atoms with Crippen LogP contribution in [-0.2, 0) is 13.0 Å². The van der Waals surface area contributed by atoms with Crippen LogP contribution in [0.25, 0.3) is 0 Å². The van der Waals surface area contributed by atoms with E-state index in [1.807, 2.05) is 18.2 Å². The van der Waals surface area contributed by atoms with Gasteiger partial charge in [-0.1, -0.05) is 12.1 Å². The average molecular weight is 493 g/mol. The second-order valence-electron chi connectivity index (χ2n) is 5.75. The minimum atomic E-state index is -0.465. The first-order valence-electron chi connectivity index (χ1n) is 8.51. The Bertz CT molecular complexity index is 894. The highest BCUT2D eigenvalue weighted by Crippen LogP contribution is 2.24. The first kappa shape index (κ1) is 21.5. The summed E-state index contributed by atoms with van der Waals surface area (Å²) in [5.41, 5.74) is 7.52. The average Bonchev–Trinajstić information content (AvgIpc) is 2.70. The van der Waals surface area contributed by atoms with Crippen molar-refractivity contribution < 1.29 is 9.13 Å². The van der Waals surface area contributed by atoms with Crippen LogP contribution in [0.3, 0.4) is 0 Å². The third-order valence-corrected chi connectivity index (χ3v) is 3.70. The van der Waals surface area contributed by atoms with Crippen LogP contribution in [0.15, 0.2) is 72.1 Å². The van der Waals surface area contributed by atoms with Crippen molar-refractivity contribution in [3.8, 4) is 11.5 Å². The Labute approximate surface area is 180 Å². The molecular weight excluding hydrogens is 472 g/mol. The first-order valence-corrected chi connectivity index (χ1v) is 8.51. The molecule has 0 saturated heterocycles. The Kier molecular flexibility index (Phi) is 8.60. The lowest BCUT2D eigenvalue weighted by Gasteiger charge is -2.08. The van der Waals surface area contributed by atoms with Crippen LogP contribution in [0.1, 0.15) is 11.3 Å². The SMILES string of the molecule is I.NC(=NCc1ccc(Oc2cccnc2)c(F)c1)NCCc1ccccn1. The number of hydrogen-bond donors (Lipinski definition) is 2. The van der Waals surface area contributed by atoms with Crippen LogP contribution in [0.4, 0.5) is 4.39 Å². The molecular formula is C20H21FIN5O. The smallest absolute Gasteiger partial charge is 0.188 e. The largest absolute Gasteiger partial charge is 0.453 e. The fourth-order valence-corrected chi connectivity index (χ4v) is 2.36. The lowest BCUT2D eigenvalue weighted by atomic mass is 10.2. The van der Waals surface area contributed by atoms with Gasteiger partial charge in [-0.05, 0) is 42.0 Å². The van der Waals surface area contributed by atoms with E-state index in [0.717, 1.165) is 12.1 Å². The summed E-state index contributed by atoms with van der Waals surface area (Å²) in [5.74, 6) is 0.455. The number of pyridine rings is 2. The van der Waals surface area contributed by atoms with Crippen LogP contribution >= 0.6 is 24.0 Å². The zero-order chi connectivity index (χ0) is 18.9. The van der Waals surface area contributed by atoms with Crippen LogP contribution in [0, 0.1) is 5.82 Å². The van der Waals surface area contributed by atoms with Crippen LogP contribution in [0.5, 0.6) is 11.5 Å². The molecule has 28 heavy (non-hydrogen) atoms. The molecule has 3 aromatic rings. The van der Waals surface area contributed by atoms with Gasteiger partial charge in [-0.3, -0.25) is 9.97 Å². The predicted molar refractivity (Wildman–Crippen MR) is 117 cm³/mol. The van der Waals surface area contributed by atoms with E-state index >= 15 is 0 Å². The number of nitrogens with two attached hydrogens (primary N) is 1. The number of hydrogen-bond acceptors (Lipinski definition) is 4. The Morgan fingerprint density at radius 1 is 1.14 bits per heavy atom. The Morgan fingerprint density at radius 2 is 2.04 bits per heavy atom. The van der Waals surface area contributed by atoms with Crippen molar-refractivity contribution in [1.29, 1.82) is 0 Å². The molecule has 0 bridgehead atoms. The highest BCUT2D eigenvalue weighted by atomic mass is 127. The Hall–Kier alpha value is -2.75. The summed E-state index contributed by atoms with van der Waals surface area (Å²) in [4.78, 5) is 12.4. The maximum atomic E-state index is 14.2. The van der Waals surface area contributed by atoms with E-state index in [1.165, 1.54) is 12.3 Å². The van der Waals surface area contributed by atoms with Crippen molar-refractivity contribution >= 4 is 29.9 Å². The van der Waals surface area contributed by atoms with Gasteiger partial charge in [-0.15, -0.1) is 24.0 Å². The fraction of sp³-hybridized carbons (Fsp3) is 0.150. The molecule has 0 spiro atoms. The first-order chi connectivity index (χ1) is 13.2. The number of aromatic nitrogens is 2.